The van der Waals surface area contributed by atoms with E-state index in [2.05, 4.69) is 38.9 Å². The summed E-state index contributed by atoms with van der Waals surface area (Å²) < 4.78 is 27.6. The predicted octanol–water partition coefficient (Wildman–Crippen LogP) is 5.32. The molecular formula is C21H22ClN3O2S2. The second-order valence-corrected chi connectivity index (χ2v) is 9.93. The van der Waals surface area contributed by atoms with Crippen LogP contribution in [-0.2, 0) is 16.6 Å². The summed E-state index contributed by atoms with van der Waals surface area (Å²) in [4.78, 5) is 6.54. The van der Waals surface area contributed by atoms with Crippen LogP contribution in [0.5, 0.6) is 0 Å². The predicted molar refractivity (Wildman–Crippen MR) is 118 cm³/mol. The first-order chi connectivity index (χ1) is 14.0. The van der Waals surface area contributed by atoms with E-state index in [0.717, 1.165) is 24.9 Å². The lowest BCUT2D eigenvalue weighted by Gasteiger charge is -2.36. The van der Waals surface area contributed by atoms with Crippen molar-refractivity contribution in [3.8, 4) is 0 Å². The van der Waals surface area contributed by atoms with E-state index in [4.69, 9.17) is 11.6 Å². The monoisotopic (exact) mass is 447 g/mol. The molecule has 1 aromatic heterocycles. The molecule has 5 nitrogen and oxygen atoms in total. The van der Waals surface area contributed by atoms with Gasteiger partial charge in [0, 0.05) is 23.0 Å². The first-order valence-electron chi connectivity index (χ1n) is 9.51. The number of rotatable bonds is 6. The Hall–Kier alpha value is -1.93. The first kappa shape index (κ1) is 20.3. The van der Waals surface area contributed by atoms with Crippen molar-refractivity contribution in [1.82, 2.24) is 9.88 Å². The van der Waals surface area contributed by atoms with Gasteiger partial charge < -0.3 is 0 Å². The number of benzene rings is 2. The van der Waals surface area contributed by atoms with Crippen LogP contribution in [0.15, 0.2) is 64.3 Å². The minimum Gasteiger partial charge on any atom is -0.292 e. The first-order valence-corrected chi connectivity index (χ1v) is 12.3. The van der Waals surface area contributed by atoms with E-state index < -0.39 is 10.0 Å². The molecule has 1 atom stereocenters. The van der Waals surface area contributed by atoms with Crippen LogP contribution in [0.2, 0.25) is 5.02 Å². The van der Waals surface area contributed by atoms with E-state index in [1.807, 2.05) is 12.1 Å². The summed E-state index contributed by atoms with van der Waals surface area (Å²) in [5, 5.41) is 2.11. The van der Waals surface area contributed by atoms with Gasteiger partial charge >= 0.3 is 0 Å². The summed E-state index contributed by atoms with van der Waals surface area (Å²) in [5.74, 6) is 0.314. The highest BCUT2D eigenvalue weighted by molar-refractivity contribution is 7.92. The van der Waals surface area contributed by atoms with Gasteiger partial charge in [0.15, 0.2) is 5.82 Å². The summed E-state index contributed by atoms with van der Waals surface area (Å²) in [5.41, 5.74) is 3.83. The van der Waals surface area contributed by atoms with Gasteiger partial charge in [-0.3, -0.25) is 9.62 Å². The van der Waals surface area contributed by atoms with Crippen LogP contribution in [0.25, 0.3) is 0 Å². The fraction of sp³-hybridized carbons (Fsp3) is 0.286. The third-order valence-electron chi connectivity index (χ3n) is 5.18. The van der Waals surface area contributed by atoms with Gasteiger partial charge in [-0.15, -0.1) is 11.3 Å². The third kappa shape index (κ3) is 4.80. The second kappa shape index (κ2) is 8.83. The molecule has 0 spiro atoms. The van der Waals surface area contributed by atoms with Gasteiger partial charge in [0.25, 0.3) is 10.0 Å². The molecule has 3 aromatic rings. The molecule has 0 saturated carbocycles. The van der Waals surface area contributed by atoms with E-state index in [0.29, 0.717) is 23.4 Å². The summed E-state index contributed by atoms with van der Waals surface area (Å²) in [6.45, 7) is 1.69. The fourth-order valence-corrected chi connectivity index (χ4v) is 5.62. The Morgan fingerprint density at radius 2 is 2.00 bits per heavy atom. The number of hydrogen-bond donors (Lipinski definition) is 1. The number of halogens is 1. The smallest absolute Gasteiger partial charge is 0.263 e. The zero-order valence-corrected chi connectivity index (χ0v) is 18.2. The molecule has 0 bridgehead atoms. The molecule has 152 valence electrons. The molecule has 2 heterocycles. The molecule has 4 rings (SSSR count). The van der Waals surface area contributed by atoms with Crippen LogP contribution in [0, 0.1) is 0 Å². The van der Waals surface area contributed by atoms with E-state index in [-0.39, 0.29) is 4.90 Å². The highest BCUT2D eigenvalue weighted by Crippen LogP contribution is 2.33. The van der Waals surface area contributed by atoms with Crippen LogP contribution >= 0.6 is 22.9 Å². The van der Waals surface area contributed by atoms with Crippen molar-refractivity contribution in [2.75, 3.05) is 11.3 Å². The van der Waals surface area contributed by atoms with Crippen molar-refractivity contribution in [3.05, 3.63) is 75.6 Å². The van der Waals surface area contributed by atoms with Crippen molar-refractivity contribution < 1.29 is 8.42 Å². The maximum atomic E-state index is 12.6. The Balaban J connectivity index is 1.53. The van der Waals surface area contributed by atoms with Crippen LogP contribution < -0.4 is 4.72 Å². The van der Waals surface area contributed by atoms with Gasteiger partial charge in [-0.2, -0.15) is 0 Å². The summed E-state index contributed by atoms with van der Waals surface area (Å²) in [6, 6.07) is 15.8. The highest BCUT2D eigenvalue weighted by Gasteiger charge is 2.25. The van der Waals surface area contributed by atoms with Gasteiger partial charge in [0.05, 0.1) is 10.4 Å². The molecule has 29 heavy (non-hydrogen) atoms. The fourth-order valence-electron chi connectivity index (χ4n) is 3.73. The van der Waals surface area contributed by atoms with Gasteiger partial charge in [0.2, 0.25) is 0 Å². The van der Waals surface area contributed by atoms with E-state index in [9.17, 15) is 8.42 Å². The van der Waals surface area contributed by atoms with Gasteiger partial charge in [-0.05, 0) is 42.6 Å². The quantitative estimate of drug-likeness (QED) is 0.555. The molecule has 0 aliphatic carbocycles. The lowest BCUT2D eigenvalue weighted by Crippen LogP contribution is -2.33. The largest absolute Gasteiger partial charge is 0.292 e. The minimum absolute atomic E-state index is 0.137. The lowest BCUT2D eigenvalue weighted by molar-refractivity contribution is 0.140. The van der Waals surface area contributed by atoms with Crippen LogP contribution in [0.1, 0.15) is 36.4 Å². The van der Waals surface area contributed by atoms with Crippen LogP contribution in [-0.4, -0.2) is 24.8 Å². The molecule has 1 saturated heterocycles. The highest BCUT2D eigenvalue weighted by atomic mass is 35.5. The number of nitrogens with zero attached hydrogens (tertiary/aromatic N) is 2. The number of piperidine rings is 1. The number of hydrogen-bond acceptors (Lipinski definition) is 5. The molecule has 0 radical (unpaired) electrons. The van der Waals surface area contributed by atoms with Crippen molar-refractivity contribution in [2.45, 2.75) is 36.7 Å². The standard InChI is InChI=1S/C21H22ClN3O2S2/c22-19-12-18(29(26,27)24-21-14-28-15-23-21)10-9-17(19)13-25-11-5-4-8-20(25)16-6-2-1-3-7-16/h1-3,6-7,9-10,12,14-15,20,24H,4-5,8,11,13H2/t20-/m0/s1. The lowest BCUT2D eigenvalue weighted by atomic mass is 9.94. The minimum atomic E-state index is -3.71. The Morgan fingerprint density at radius 3 is 2.72 bits per heavy atom. The maximum Gasteiger partial charge on any atom is 0.263 e. The molecular weight excluding hydrogens is 426 g/mol. The third-order valence-corrected chi connectivity index (χ3v) is 7.47. The molecule has 1 aliphatic rings. The SMILES string of the molecule is O=S(=O)(Nc1cscn1)c1ccc(CN2CCCC[C@H]2c2ccccc2)c(Cl)c1. The molecule has 8 heteroatoms. The molecule has 1 N–H and O–H groups in total. The van der Waals surface area contributed by atoms with E-state index in [1.165, 1.54) is 29.4 Å². The Morgan fingerprint density at radius 1 is 1.17 bits per heavy atom. The van der Waals surface area contributed by atoms with Crippen molar-refractivity contribution in [3.63, 3.8) is 0 Å². The number of anilines is 1. The number of likely N-dealkylation sites (tertiary alicyclic amines) is 1. The topological polar surface area (TPSA) is 62.3 Å². The van der Waals surface area contributed by atoms with Gasteiger partial charge in [-0.1, -0.05) is 54.4 Å². The van der Waals surface area contributed by atoms with Gasteiger partial charge in [0.1, 0.15) is 0 Å². The second-order valence-electron chi connectivity index (χ2n) is 7.13. The van der Waals surface area contributed by atoms with Crippen molar-refractivity contribution in [2.24, 2.45) is 0 Å². The van der Waals surface area contributed by atoms with Crippen molar-refractivity contribution in [1.29, 1.82) is 0 Å². The number of nitrogens with one attached hydrogen (secondary N) is 1. The van der Waals surface area contributed by atoms with E-state index in [1.54, 1.807) is 17.0 Å². The average molecular weight is 448 g/mol. The zero-order chi connectivity index (χ0) is 20.3. The summed E-state index contributed by atoms with van der Waals surface area (Å²) in [7, 11) is -3.71. The van der Waals surface area contributed by atoms with E-state index >= 15 is 0 Å². The molecule has 2 aromatic carbocycles. The number of aromatic nitrogens is 1. The molecule has 0 amide bonds. The summed E-state index contributed by atoms with van der Waals surface area (Å²) in [6.07, 6.45) is 3.49. The van der Waals surface area contributed by atoms with Crippen molar-refractivity contribution >= 4 is 38.8 Å². The average Bonchev–Trinajstić information content (AvgIpc) is 3.23. The zero-order valence-electron chi connectivity index (χ0n) is 15.8. The normalized spacial score (nSPS) is 17.9. The number of thiazole rings is 1. The maximum absolute atomic E-state index is 12.6. The molecule has 0 unspecified atom stereocenters. The molecule has 1 fully saturated rings. The Bertz CT molecular complexity index is 1060. The van der Waals surface area contributed by atoms with Crippen LogP contribution in [0.3, 0.4) is 0 Å². The van der Waals surface area contributed by atoms with Crippen LogP contribution in [0.4, 0.5) is 5.82 Å². The Kier molecular flexibility index (Phi) is 6.20. The molecule has 1 aliphatic heterocycles. The number of sulfonamides is 1. The Labute approximate surface area is 180 Å². The summed E-state index contributed by atoms with van der Waals surface area (Å²) >= 11 is 7.83. The van der Waals surface area contributed by atoms with Gasteiger partial charge in [-0.25, -0.2) is 13.4 Å².